The van der Waals surface area contributed by atoms with Gasteiger partial charge in [-0.05, 0) is 55.5 Å². The molecule has 2 rings (SSSR count). The molecule has 0 aliphatic heterocycles. The van der Waals surface area contributed by atoms with Crippen LogP contribution in [0.3, 0.4) is 0 Å². The number of amides is 1. The molecule has 4 nitrogen and oxygen atoms in total. The molecule has 116 valence electrons. The Morgan fingerprint density at radius 2 is 1.68 bits per heavy atom. The van der Waals surface area contributed by atoms with Gasteiger partial charge >= 0.3 is 0 Å². The summed E-state index contributed by atoms with van der Waals surface area (Å²) in [5.74, 6) is 1.29. The van der Waals surface area contributed by atoms with E-state index in [0.29, 0.717) is 17.2 Å². The van der Waals surface area contributed by atoms with Gasteiger partial charge in [0.05, 0.1) is 13.2 Å². The number of methoxy groups -OCH3 is 1. The van der Waals surface area contributed by atoms with Gasteiger partial charge in [-0.15, -0.1) is 0 Å². The molecule has 0 unspecified atom stereocenters. The molecule has 0 aliphatic carbocycles. The molecule has 0 radical (unpaired) electrons. The van der Waals surface area contributed by atoms with E-state index in [-0.39, 0.29) is 11.9 Å². The standard InChI is InChI=1S/C17H18ClNO3/c1-12(11-22-16-9-5-14(18)6-10-16)19-17(20)13-3-7-15(21-2)8-4-13/h3-10,12H,11H2,1-2H3,(H,19,20)/t12-/m0/s1. The number of rotatable bonds is 6. The molecular formula is C17H18ClNO3. The normalized spacial score (nSPS) is 11.6. The quantitative estimate of drug-likeness (QED) is 0.885. The second-order valence-electron chi connectivity index (χ2n) is 4.87. The number of carbonyl (C=O) groups excluding carboxylic acids is 1. The summed E-state index contributed by atoms with van der Waals surface area (Å²) in [4.78, 5) is 12.1. The SMILES string of the molecule is COc1ccc(C(=O)N[C@@H](C)COc2ccc(Cl)cc2)cc1. The fourth-order valence-corrected chi connectivity index (χ4v) is 1.97. The smallest absolute Gasteiger partial charge is 0.251 e. The van der Waals surface area contributed by atoms with E-state index in [2.05, 4.69) is 5.32 Å². The predicted molar refractivity (Wildman–Crippen MR) is 86.9 cm³/mol. The average molecular weight is 320 g/mol. The maximum absolute atomic E-state index is 12.1. The second-order valence-corrected chi connectivity index (χ2v) is 5.30. The number of benzene rings is 2. The molecule has 0 bridgehead atoms. The van der Waals surface area contributed by atoms with Crippen molar-refractivity contribution in [3.05, 3.63) is 59.1 Å². The van der Waals surface area contributed by atoms with Gasteiger partial charge in [0.25, 0.3) is 5.91 Å². The minimum absolute atomic E-state index is 0.120. The summed E-state index contributed by atoms with van der Waals surface area (Å²) in [5, 5.41) is 3.54. The number of nitrogens with one attached hydrogen (secondary N) is 1. The zero-order valence-electron chi connectivity index (χ0n) is 12.5. The van der Waals surface area contributed by atoms with Crippen LogP contribution in [-0.4, -0.2) is 25.7 Å². The number of ether oxygens (including phenoxy) is 2. The van der Waals surface area contributed by atoms with Crippen LogP contribution >= 0.6 is 11.6 Å². The van der Waals surface area contributed by atoms with E-state index < -0.39 is 0 Å². The van der Waals surface area contributed by atoms with Crippen LogP contribution in [0.2, 0.25) is 5.02 Å². The number of halogens is 1. The number of hydrogen-bond donors (Lipinski definition) is 1. The van der Waals surface area contributed by atoms with Crippen molar-refractivity contribution >= 4 is 17.5 Å². The average Bonchev–Trinajstić information content (AvgIpc) is 2.54. The highest BCUT2D eigenvalue weighted by Crippen LogP contribution is 2.15. The Morgan fingerprint density at radius 3 is 2.27 bits per heavy atom. The predicted octanol–water partition coefficient (Wildman–Crippen LogP) is 3.55. The summed E-state index contributed by atoms with van der Waals surface area (Å²) in [7, 11) is 1.59. The third-order valence-corrected chi connectivity index (χ3v) is 3.30. The van der Waals surface area contributed by atoms with Gasteiger partial charge in [-0.2, -0.15) is 0 Å². The molecule has 22 heavy (non-hydrogen) atoms. The van der Waals surface area contributed by atoms with E-state index in [9.17, 15) is 4.79 Å². The molecular weight excluding hydrogens is 302 g/mol. The highest BCUT2D eigenvalue weighted by molar-refractivity contribution is 6.30. The van der Waals surface area contributed by atoms with Crippen molar-refractivity contribution < 1.29 is 14.3 Å². The molecule has 2 aromatic rings. The van der Waals surface area contributed by atoms with Crippen LogP contribution in [0.15, 0.2) is 48.5 Å². The fourth-order valence-electron chi connectivity index (χ4n) is 1.84. The summed E-state index contributed by atoms with van der Waals surface area (Å²) in [5.41, 5.74) is 0.583. The van der Waals surface area contributed by atoms with Gasteiger partial charge in [0.15, 0.2) is 0 Å². The molecule has 0 saturated heterocycles. The molecule has 0 heterocycles. The monoisotopic (exact) mass is 319 g/mol. The lowest BCUT2D eigenvalue weighted by atomic mass is 10.2. The summed E-state index contributed by atoms with van der Waals surface area (Å²) in [6.07, 6.45) is 0. The van der Waals surface area contributed by atoms with Crippen molar-refractivity contribution in [3.8, 4) is 11.5 Å². The van der Waals surface area contributed by atoms with Gasteiger partial charge in [-0.25, -0.2) is 0 Å². The van der Waals surface area contributed by atoms with Crippen molar-refractivity contribution in [2.75, 3.05) is 13.7 Å². The molecule has 0 saturated carbocycles. The Morgan fingerprint density at radius 1 is 1.09 bits per heavy atom. The van der Waals surface area contributed by atoms with E-state index in [4.69, 9.17) is 21.1 Å². The molecule has 0 fully saturated rings. The van der Waals surface area contributed by atoms with Gasteiger partial charge in [-0.1, -0.05) is 11.6 Å². The van der Waals surface area contributed by atoms with Gasteiger partial charge in [0.1, 0.15) is 18.1 Å². The minimum Gasteiger partial charge on any atom is -0.497 e. The molecule has 0 aliphatic rings. The maximum atomic E-state index is 12.1. The Balaban J connectivity index is 1.83. The second kappa shape index (κ2) is 7.71. The van der Waals surface area contributed by atoms with Crippen LogP contribution in [0.5, 0.6) is 11.5 Å². The lowest BCUT2D eigenvalue weighted by molar-refractivity contribution is 0.0926. The largest absolute Gasteiger partial charge is 0.497 e. The van der Waals surface area contributed by atoms with Gasteiger partial charge in [0, 0.05) is 10.6 Å². The van der Waals surface area contributed by atoms with E-state index in [1.54, 1.807) is 55.6 Å². The van der Waals surface area contributed by atoms with Crippen LogP contribution in [-0.2, 0) is 0 Å². The third kappa shape index (κ3) is 4.67. The van der Waals surface area contributed by atoms with E-state index in [0.717, 1.165) is 11.5 Å². The summed E-state index contributed by atoms with van der Waals surface area (Å²) >= 11 is 5.81. The third-order valence-electron chi connectivity index (χ3n) is 3.04. The molecule has 5 heteroatoms. The van der Waals surface area contributed by atoms with Crippen molar-refractivity contribution in [3.63, 3.8) is 0 Å². The van der Waals surface area contributed by atoms with Gasteiger partial charge in [-0.3, -0.25) is 4.79 Å². The van der Waals surface area contributed by atoms with Crippen LogP contribution in [0.4, 0.5) is 0 Å². The first-order valence-corrected chi connectivity index (χ1v) is 7.29. The Labute approximate surface area is 135 Å². The van der Waals surface area contributed by atoms with Crippen LogP contribution in [0, 0.1) is 0 Å². The van der Waals surface area contributed by atoms with Crippen LogP contribution in [0.25, 0.3) is 0 Å². The topological polar surface area (TPSA) is 47.6 Å². The minimum atomic E-state index is -0.144. The van der Waals surface area contributed by atoms with Crippen molar-refractivity contribution in [1.82, 2.24) is 5.32 Å². The Bertz CT molecular complexity index is 611. The molecule has 1 amide bonds. The maximum Gasteiger partial charge on any atom is 0.251 e. The lowest BCUT2D eigenvalue weighted by Gasteiger charge is -2.15. The first kappa shape index (κ1) is 16.2. The van der Waals surface area contributed by atoms with Crippen LogP contribution < -0.4 is 14.8 Å². The highest BCUT2D eigenvalue weighted by atomic mass is 35.5. The van der Waals surface area contributed by atoms with E-state index >= 15 is 0 Å². The van der Waals surface area contributed by atoms with Gasteiger partial charge in [0.2, 0.25) is 0 Å². The molecule has 0 aromatic heterocycles. The molecule has 1 N–H and O–H groups in total. The summed E-state index contributed by atoms with van der Waals surface area (Å²) in [6, 6.07) is 13.9. The van der Waals surface area contributed by atoms with Gasteiger partial charge < -0.3 is 14.8 Å². The highest BCUT2D eigenvalue weighted by Gasteiger charge is 2.10. The molecule has 0 spiro atoms. The number of hydrogen-bond acceptors (Lipinski definition) is 3. The van der Waals surface area contributed by atoms with E-state index in [1.165, 1.54) is 0 Å². The van der Waals surface area contributed by atoms with Crippen molar-refractivity contribution in [1.29, 1.82) is 0 Å². The zero-order valence-corrected chi connectivity index (χ0v) is 13.3. The van der Waals surface area contributed by atoms with Crippen molar-refractivity contribution in [2.24, 2.45) is 0 Å². The lowest BCUT2D eigenvalue weighted by Crippen LogP contribution is -2.36. The van der Waals surface area contributed by atoms with Crippen molar-refractivity contribution in [2.45, 2.75) is 13.0 Å². The Kier molecular flexibility index (Phi) is 5.67. The first-order chi connectivity index (χ1) is 10.6. The zero-order chi connectivity index (χ0) is 15.9. The molecule has 2 aromatic carbocycles. The molecule has 1 atom stereocenters. The fraction of sp³-hybridized carbons (Fsp3) is 0.235. The van der Waals surface area contributed by atoms with Crippen LogP contribution in [0.1, 0.15) is 17.3 Å². The first-order valence-electron chi connectivity index (χ1n) is 6.92. The summed E-state index contributed by atoms with van der Waals surface area (Å²) < 4.78 is 10.7. The summed E-state index contributed by atoms with van der Waals surface area (Å²) in [6.45, 7) is 2.26. The number of carbonyl (C=O) groups is 1. The Hall–Kier alpha value is -2.20. The van der Waals surface area contributed by atoms with E-state index in [1.807, 2.05) is 6.92 Å².